The van der Waals surface area contributed by atoms with Crippen LogP contribution >= 0.6 is 0 Å². The zero-order valence-electron chi connectivity index (χ0n) is 14.1. The molecule has 2 saturated heterocycles. The second-order valence-corrected chi connectivity index (χ2v) is 8.93. The SMILES string of the molecule is CCCCCCOc1cccc(N2C(=O)CC3CS(=O)(=O)CC32)c1. The van der Waals surface area contributed by atoms with Crippen molar-refractivity contribution in [1.82, 2.24) is 0 Å². The van der Waals surface area contributed by atoms with Crippen LogP contribution in [0.15, 0.2) is 24.3 Å². The molecular formula is C18H25NO4S. The Bertz CT molecular complexity index is 701. The third-order valence-corrected chi connectivity index (χ3v) is 6.62. The molecule has 6 heteroatoms. The lowest BCUT2D eigenvalue weighted by atomic mass is 10.0. The highest BCUT2D eigenvalue weighted by Crippen LogP contribution is 2.38. The summed E-state index contributed by atoms with van der Waals surface area (Å²) in [6, 6.07) is 7.23. The second kappa shape index (κ2) is 7.13. The van der Waals surface area contributed by atoms with Crippen LogP contribution in [-0.4, -0.2) is 38.5 Å². The molecule has 2 atom stereocenters. The van der Waals surface area contributed by atoms with Crippen LogP contribution in [0.1, 0.15) is 39.0 Å². The zero-order valence-corrected chi connectivity index (χ0v) is 14.9. The van der Waals surface area contributed by atoms with Gasteiger partial charge in [0.25, 0.3) is 0 Å². The molecule has 2 fully saturated rings. The fourth-order valence-corrected chi connectivity index (χ4v) is 5.74. The number of unbranched alkanes of at least 4 members (excludes halogenated alkanes) is 3. The van der Waals surface area contributed by atoms with E-state index in [9.17, 15) is 13.2 Å². The number of hydrogen-bond acceptors (Lipinski definition) is 4. The number of nitrogens with zero attached hydrogens (tertiary/aromatic N) is 1. The van der Waals surface area contributed by atoms with Crippen molar-refractivity contribution in [3.05, 3.63) is 24.3 Å². The van der Waals surface area contributed by atoms with E-state index >= 15 is 0 Å². The number of sulfone groups is 1. The fourth-order valence-electron chi connectivity index (χ4n) is 3.67. The number of fused-ring (bicyclic) bond motifs is 1. The molecule has 24 heavy (non-hydrogen) atoms. The monoisotopic (exact) mass is 351 g/mol. The van der Waals surface area contributed by atoms with Crippen LogP contribution in [0.2, 0.25) is 0 Å². The van der Waals surface area contributed by atoms with Gasteiger partial charge in [-0.15, -0.1) is 0 Å². The number of hydrogen-bond donors (Lipinski definition) is 0. The average Bonchev–Trinajstić information content (AvgIpc) is 2.97. The van der Waals surface area contributed by atoms with E-state index in [1.165, 1.54) is 12.8 Å². The first-order valence-electron chi connectivity index (χ1n) is 8.75. The average molecular weight is 351 g/mol. The van der Waals surface area contributed by atoms with E-state index in [4.69, 9.17) is 4.74 Å². The van der Waals surface area contributed by atoms with Gasteiger partial charge in [0, 0.05) is 24.1 Å². The molecule has 5 nitrogen and oxygen atoms in total. The molecule has 0 spiro atoms. The van der Waals surface area contributed by atoms with E-state index in [1.807, 2.05) is 24.3 Å². The molecule has 1 amide bonds. The van der Waals surface area contributed by atoms with E-state index in [0.29, 0.717) is 13.0 Å². The molecule has 0 bridgehead atoms. The Morgan fingerprint density at radius 2 is 2.04 bits per heavy atom. The molecule has 0 saturated carbocycles. The smallest absolute Gasteiger partial charge is 0.227 e. The highest BCUT2D eigenvalue weighted by molar-refractivity contribution is 7.91. The van der Waals surface area contributed by atoms with Crippen molar-refractivity contribution >= 4 is 21.4 Å². The maximum atomic E-state index is 12.3. The van der Waals surface area contributed by atoms with Crippen molar-refractivity contribution in [2.24, 2.45) is 5.92 Å². The van der Waals surface area contributed by atoms with Crippen LogP contribution in [0.4, 0.5) is 5.69 Å². The van der Waals surface area contributed by atoms with E-state index in [0.717, 1.165) is 24.3 Å². The Labute approximate surface area is 143 Å². The molecule has 2 aliphatic heterocycles. The Balaban J connectivity index is 1.68. The van der Waals surface area contributed by atoms with Gasteiger partial charge in [0.15, 0.2) is 9.84 Å². The van der Waals surface area contributed by atoms with Gasteiger partial charge >= 0.3 is 0 Å². The molecule has 0 aromatic heterocycles. The van der Waals surface area contributed by atoms with Crippen LogP contribution in [0.5, 0.6) is 5.75 Å². The summed E-state index contributed by atoms with van der Waals surface area (Å²) in [5, 5.41) is 0. The minimum Gasteiger partial charge on any atom is -0.494 e. The summed E-state index contributed by atoms with van der Waals surface area (Å²) >= 11 is 0. The first-order chi connectivity index (χ1) is 11.5. The van der Waals surface area contributed by atoms with Gasteiger partial charge in [-0.2, -0.15) is 0 Å². The summed E-state index contributed by atoms with van der Waals surface area (Å²) < 4.78 is 29.5. The van der Waals surface area contributed by atoms with Gasteiger partial charge in [-0.25, -0.2) is 8.42 Å². The molecule has 3 rings (SSSR count). The van der Waals surface area contributed by atoms with E-state index in [1.54, 1.807) is 4.90 Å². The molecule has 0 radical (unpaired) electrons. The molecule has 0 N–H and O–H groups in total. The zero-order chi connectivity index (χ0) is 17.2. The molecule has 1 aromatic carbocycles. The van der Waals surface area contributed by atoms with Crippen LogP contribution in [0.3, 0.4) is 0 Å². The van der Waals surface area contributed by atoms with Crippen molar-refractivity contribution in [2.45, 2.75) is 45.1 Å². The molecule has 2 unspecified atom stereocenters. The number of anilines is 1. The van der Waals surface area contributed by atoms with Crippen LogP contribution in [0, 0.1) is 5.92 Å². The van der Waals surface area contributed by atoms with Gasteiger partial charge in [-0.1, -0.05) is 32.3 Å². The summed E-state index contributed by atoms with van der Waals surface area (Å²) in [5.41, 5.74) is 0.746. The number of carbonyl (C=O) groups excluding carboxylic acids is 1. The van der Waals surface area contributed by atoms with E-state index in [2.05, 4.69) is 6.92 Å². The lowest BCUT2D eigenvalue weighted by molar-refractivity contribution is -0.117. The predicted octanol–water partition coefficient (Wildman–Crippen LogP) is 2.80. The number of benzene rings is 1. The van der Waals surface area contributed by atoms with Gasteiger partial charge in [0.05, 0.1) is 24.2 Å². The van der Waals surface area contributed by atoms with Gasteiger partial charge in [0.1, 0.15) is 5.75 Å². The molecule has 0 aliphatic carbocycles. The summed E-state index contributed by atoms with van der Waals surface area (Å²) in [5.74, 6) is 0.890. The summed E-state index contributed by atoms with van der Waals surface area (Å²) in [6.45, 7) is 2.84. The van der Waals surface area contributed by atoms with Gasteiger partial charge in [0.2, 0.25) is 5.91 Å². The summed E-state index contributed by atoms with van der Waals surface area (Å²) in [4.78, 5) is 14.0. The van der Waals surface area contributed by atoms with Crippen LogP contribution in [-0.2, 0) is 14.6 Å². The summed E-state index contributed by atoms with van der Waals surface area (Å²) in [6.07, 6.45) is 4.90. The second-order valence-electron chi connectivity index (χ2n) is 6.78. The standard InChI is InChI=1S/C18H25NO4S/c1-2-3-4-5-9-23-16-8-6-7-15(11-16)19-17-13-24(21,22)12-14(17)10-18(19)20/h6-8,11,14,17H,2-5,9-10,12-13H2,1H3. The first kappa shape index (κ1) is 17.3. The highest BCUT2D eigenvalue weighted by Gasteiger charge is 2.49. The largest absolute Gasteiger partial charge is 0.494 e. The van der Waals surface area contributed by atoms with E-state index < -0.39 is 9.84 Å². The topological polar surface area (TPSA) is 63.7 Å². The fraction of sp³-hybridized carbons (Fsp3) is 0.611. The van der Waals surface area contributed by atoms with Gasteiger partial charge in [-0.05, 0) is 18.6 Å². The lowest BCUT2D eigenvalue weighted by Crippen LogP contribution is -2.36. The maximum Gasteiger partial charge on any atom is 0.227 e. The van der Waals surface area contributed by atoms with Crippen molar-refractivity contribution in [3.63, 3.8) is 0 Å². The number of amides is 1. The third kappa shape index (κ3) is 3.74. The first-order valence-corrected chi connectivity index (χ1v) is 10.6. The number of carbonyl (C=O) groups is 1. The van der Waals surface area contributed by atoms with Crippen molar-refractivity contribution in [3.8, 4) is 5.75 Å². The Morgan fingerprint density at radius 3 is 2.83 bits per heavy atom. The molecule has 2 heterocycles. The van der Waals surface area contributed by atoms with E-state index in [-0.39, 0.29) is 29.4 Å². The van der Waals surface area contributed by atoms with Crippen LogP contribution < -0.4 is 9.64 Å². The summed E-state index contributed by atoms with van der Waals surface area (Å²) in [7, 11) is -3.03. The molecule has 1 aromatic rings. The minimum absolute atomic E-state index is 0.0139. The van der Waals surface area contributed by atoms with Gasteiger partial charge in [-0.3, -0.25) is 4.79 Å². The molecule has 132 valence electrons. The lowest BCUT2D eigenvalue weighted by Gasteiger charge is -2.23. The number of ether oxygens (including phenoxy) is 1. The normalized spacial score (nSPS) is 25.0. The minimum atomic E-state index is -3.03. The molecular weight excluding hydrogens is 326 g/mol. The highest BCUT2D eigenvalue weighted by atomic mass is 32.2. The third-order valence-electron chi connectivity index (χ3n) is 4.84. The quantitative estimate of drug-likeness (QED) is 0.709. The molecule has 2 aliphatic rings. The Kier molecular flexibility index (Phi) is 5.13. The van der Waals surface area contributed by atoms with Gasteiger partial charge < -0.3 is 9.64 Å². The van der Waals surface area contributed by atoms with Crippen LogP contribution in [0.25, 0.3) is 0 Å². The predicted molar refractivity (Wildman–Crippen MR) is 94.1 cm³/mol. The number of rotatable bonds is 7. The Hall–Kier alpha value is -1.56. The van der Waals surface area contributed by atoms with Crippen molar-refractivity contribution in [2.75, 3.05) is 23.0 Å². The maximum absolute atomic E-state index is 12.3. The Morgan fingerprint density at radius 1 is 1.21 bits per heavy atom. The van der Waals surface area contributed by atoms with Crippen molar-refractivity contribution in [1.29, 1.82) is 0 Å². The van der Waals surface area contributed by atoms with Crippen molar-refractivity contribution < 1.29 is 17.9 Å².